The highest BCUT2D eigenvalue weighted by Crippen LogP contribution is 2.33. The quantitative estimate of drug-likeness (QED) is 0.799. The predicted molar refractivity (Wildman–Crippen MR) is 103 cm³/mol. The van der Waals surface area contributed by atoms with E-state index in [4.69, 9.17) is 0 Å². The van der Waals surface area contributed by atoms with E-state index in [1.165, 1.54) is 5.56 Å². The molecule has 1 saturated carbocycles. The van der Waals surface area contributed by atoms with Crippen molar-refractivity contribution in [2.24, 2.45) is 5.92 Å². The number of hydrogen-bond donors (Lipinski definition) is 1. The van der Waals surface area contributed by atoms with Crippen LogP contribution in [0.4, 0.5) is 5.69 Å². The van der Waals surface area contributed by atoms with E-state index in [9.17, 15) is 13.2 Å². The van der Waals surface area contributed by atoms with Crippen LogP contribution in [0.25, 0.3) is 0 Å². The predicted octanol–water partition coefficient (Wildman–Crippen LogP) is 3.54. The van der Waals surface area contributed by atoms with E-state index in [-0.39, 0.29) is 16.7 Å². The Hall–Kier alpha value is -1.86. The van der Waals surface area contributed by atoms with Crippen LogP contribution in [-0.4, -0.2) is 25.8 Å². The molecule has 0 saturated heterocycles. The molecular weight excluding hydrogens is 416 g/mol. The molecule has 136 valence electrons. The summed E-state index contributed by atoms with van der Waals surface area (Å²) in [6.45, 7) is 1.30. The Kier molecular flexibility index (Phi) is 4.52. The van der Waals surface area contributed by atoms with Crippen molar-refractivity contribution in [1.29, 1.82) is 0 Å². The first-order valence-electron chi connectivity index (χ1n) is 8.61. The topological polar surface area (TPSA) is 66.5 Å². The lowest BCUT2D eigenvalue weighted by molar-refractivity contribution is -0.133. The van der Waals surface area contributed by atoms with E-state index in [0.717, 1.165) is 35.8 Å². The highest BCUT2D eigenvalue weighted by Gasteiger charge is 2.34. The maximum absolute atomic E-state index is 12.6. The number of sulfonamides is 1. The third-order valence-corrected chi connectivity index (χ3v) is 6.76. The number of carbonyl (C=O) groups is 1. The van der Waals surface area contributed by atoms with Crippen LogP contribution in [0.5, 0.6) is 0 Å². The zero-order valence-corrected chi connectivity index (χ0v) is 16.5. The molecule has 26 heavy (non-hydrogen) atoms. The van der Waals surface area contributed by atoms with Crippen LogP contribution in [-0.2, 0) is 27.8 Å². The van der Waals surface area contributed by atoms with E-state index in [1.807, 2.05) is 17.0 Å². The van der Waals surface area contributed by atoms with Gasteiger partial charge in [0.2, 0.25) is 5.91 Å². The number of anilines is 1. The Balaban J connectivity index is 1.54. The van der Waals surface area contributed by atoms with Crippen LogP contribution >= 0.6 is 15.9 Å². The minimum atomic E-state index is -3.64. The fraction of sp³-hybridized carbons (Fsp3) is 0.316. The van der Waals surface area contributed by atoms with Gasteiger partial charge >= 0.3 is 0 Å². The van der Waals surface area contributed by atoms with E-state index < -0.39 is 10.0 Å². The lowest BCUT2D eigenvalue weighted by Gasteiger charge is -2.29. The average molecular weight is 435 g/mol. The Bertz CT molecular complexity index is 953. The molecule has 2 aromatic rings. The van der Waals surface area contributed by atoms with Crippen molar-refractivity contribution in [3.8, 4) is 0 Å². The van der Waals surface area contributed by atoms with Gasteiger partial charge in [-0.25, -0.2) is 8.42 Å². The van der Waals surface area contributed by atoms with Crippen molar-refractivity contribution in [1.82, 2.24) is 4.90 Å². The summed E-state index contributed by atoms with van der Waals surface area (Å²) in [5.74, 6) is 0.437. The molecular formula is C19H19BrN2O3S. The molecule has 2 aromatic carbocycles. The molecule has 2 aliphatic rings. The first kappa shape index (κ1) is 17.5. The number of hydrogen-bond acceptors (Lipinski definition) is 3. The van der Waals surface area contributed by atoms with Crippen molar-refractivity contribution in [2.45, 2.75) is 30.7 Å². The monoisotopic (exact) mass is 434 g/mol. The molecule has 0 atom stereocenters. The third kappa shape index (κ3) is 3.64. The minimum absolute atomic E-state index is 0.204. The minimum Gasteiger partial charge on any atom is -0.338 e. The average Bonchev–Trinajstić information content (AvgIpc) is 3.45. The number of benzene rings is 2. The first-order chi connectivity index (χ1) is 12.4. The molecule has 1 aliphatic heterocycles. The molecule has 0 unspecified atom stereocenters. The van der Waals surface area contributed by atoms with Gasteiger partial charge in [0.25, 0.3) is 10.0 Å². The molecule has 0 radical (unpaired) electrons. The van der Waals surface area contributed by atoms with Gasteiger partial charge in [-0.3, -0.25) is 9.52 Å². The Morgan fingerprint density at radius 2 is 1.81 bits per heavy atom. The number of fused-ring (bicyclic) bond motifs is 1. The van der Waals surface area contributed by atoms with E-state index >= 15 is 0 Å². The molecule has 1 amide bonds. The van der Waals surface area contributed by atoms with E-state index in [2.05, 4.69) is 20.7 Å². The van der Waals surface area contributed by atoms with Gasteiger partial charge in [-0.1, -0.05) is 22.0 Å². The lowest BCUT2D eigenvalue weighted by atomic mass is 9.99. The van der Waals surface area contributed by atoms with Crippen LogP contribution in [0.3, 0.4) is 0 Å². The van der Waals surface area contributed by atoms with Crippen molar-refractivity contribution < 1.29 is 13.2 Å². The first-order valence-corrected chi connectivity index (χ1v) is 10.9. The number of carbonyl (C=O) groups excluding carboxylic acids is 1. The summed E-state index contributed by atoms with van der Waals surface area (Å²) in [7, 11) is -3.64. The molecule has 0 bridgehead atoms. The van der Waals surface area contributed by atoms with Crippen molar-refractivity contribution in [3.63, 3.8) is 0 Å². The van der Waals surface area contributed by atoms with Crippen LogP contribution in [0.15, 0.2) is 51.8 Å². The maximum Gasteiger partial charge on any atom is 0.261 e. The summed E-state index contributed by atoms with van der Waals surface area (Å²) in [5.41, 5.74) is 2.71. The zero-order valence-electron chi connectivity index (χ0n) is 14.1. The second-order valence-electron chi connectivity index (χ2n) is 6.83. The van der Waals surface area contributed by atoms with Gasteiger partial charge in [-0.2, -0.15) is 0 Å². The largest absolute Gasteiger partial charge is 0.338 e. The Morgan fingerprint density at radius 3 is 2.50 bits per heavy atom. The van der Waals surface area contributed by atoms with Crippen LogP contribution < -0.4 is 4.72 Å². The Labute approximate surface area is 161 Å². The summed E-state index contributed by atoms with van der Waals surface area (Å²) in [5, 5.41) is 0. The molecule has 1 heterocycles. The standard InChI is InChI=1S/C19H19BrN2O3S/c20-16-4-7-18(8-5-16)26(24,25)21-17-6-3-13-9-10-22(12-15(13)11-17)19(23)14-1-2-14/h3-8,11,14,21H,1-2,9-10,12H2. The van der Waals surface area contributed by atoms with Crippen LogP contribution in [0.2, 0.25) is 0 Å². The van der Waals surface area contributed by atoms with Crippen molar-refractivity contribution in [2.75, 3.05) is 11.3 Å². The zero-order chi connectivity index (χ0) is 18.3. The second-order valence-corrected chi connectivity index (χ2v) is 9.43. The summed E-state index contributed by atoms with van der Waals surface area (Å²) in [6, 6.07) is 12.1. The third-order valence-electron chi connectivity index (χ3n) is 4.83. The summed E-state index contributed by atoms with van der Waals surface area (Å²) in [4.78, 5) is 14.4. The summed E-state index contributed by atoms with van der Waals surface area (Å²) >= 11 is 3.30. The van der Waals surface area contributed by atoms with Gasteiger partial charge in [-0.05, 0) is 66.8 Å². The molecule has 4 rings (SSSR count). The molecule has 1 fully saturated rings. The number of amides is 1. The SMILES string of the molecule is O=C(C1CC1)N1CCc2ccc(NS(=O)(=O)c3ccc(Br)cc3)cc2C1. The van der Waals surface area contributed by atoms with E-state index in [1.54, 1.807) is 30.3 Å². The fourth-order valence-electron chi connectivity index (χ4n) is 3.23. The molecule has 0 aromatic heterocycles. The Morgan fingerprint density at radius 1 is 1.08 bits per heavy atom. The van der Waals surface area contributed by atoms with Gasteiger partial charge in [-0.15, -0.1) is 0 Å². The summed E-state index contributed by atoms with van der Waals surface area (Å²) in [6.07, 6.45) is 2.80. The number of rotatable bonds is 4. The van der Waals surface area contributed by atoms with Crippen LogP contribution in [0, 0.1) is 5.92 Å². The molecule has 1 aliphatic carbocycles. The van der Waals surface area contributed by atoms with Crippen LogP contribution in [0.1, 0.15) is 24.0 Å². The van der Waals surface area contributed by atoms with Gasteiger partial charge in [0.15, 0.2) is 0 Å². The van der Waals surface area contributed by atoms with Gasteiger partial charge in [0.05, 0.1) is 4.90 Å². The number of nitrogens with one attached hydrogen (secondary N) is 1. The van der Waals surface area contributed by atoms with Gasteiger partial charge < -0.3 is 4.90 Å². The molecule has 5 nitrogen and oxygen atoms in total. The second kappa shape index (κ2) is 6.70. The molecule has 7 heteroatoms. The maximum atomic E-state index is 12.6. The van der Waals surface area contributed by atoms with Crippen molar-refractivity contribution >= 4 is 37.5 Å². The van der Waals surface area contributed by atoms with Crippen molar-refractivity contribution in [3.05, 3.63) is 58.1 Å². The number of halogens is 1. The lowest BCUT2D eigenvalue weighted by Crippen LogP contribution is -2.36. The normalized spacial score (nSPS) is 16.9. The van der Waals surface area contributed by atoms with E-state index in [0.29, 0.717) is 12.2 Å². The van der Waals surface area contributed by atoms with Gasteiger partial charge in [0, 0.05) is 29.2 Å². The highest BCUT2D eigenvalue weighted by molar-refractivity contribution is 9.10. The number of nitrogens with zero attached hydrogens (tertiary/aromatic N) is 1. The van der Waals surface area contributed by atoms with Gasteiger partial charge in [0.1, 0.15) is 0 Å². The summed E-state index contributed by atoms with van der Waals surface area (Å²) < 4.78 is 28.6. The fourth-order valence-corrected chi connectivity index (χ4v) is 4.54. The smallest absolute Gasteiger partial charge is 0.261 e. The molecule has 0 spiro atoms. The highest BCUT2D eigenvalue weighted by atomic mass is 79.9. The molecule has 1 N–H and O–H groups in total.